The SMILES string of the molecule is Cc1cccc(NC2CCN(C(=O)[C@H]3CCCCN3)CC2)c1.Cl.Cl. The smallest absolute Gasteiger partial charge is 0.239 e. The number of anilines is 1. The number of likely N-dealkylation sites (tertiary alicyclic amines) is 1. The maximum Gasteiger partial charge on any atom is 0.239 e. The van der Waals surface area contributed by atoms with Crippen LogP contribution in [0, 0.1) is 6.92 Å². The van der Waals surface area contributed by atoms with Crippen molar-refractivity contribution in [2.24, 2.45) is 0 Å². The van der Waals surface area contributed by atoms with E-state index in [1.165, 1.54) is 24.1 Å². The van der Waals surface area contributed by atoms with E-state index in [0.717, 1.165) is 38.9 Å². The molecule has 0 radical (unpaired) electrons. The molecule has 24 heavy (non-hydrogen) atoms. The summed E-state index contributed by atoms with van der Waals surface area (Å²) in [6.07, 6.45) is 5.44. The summed E-state index contributed by atoms with van der Waals surface area (Å²) in [4.78, 5) is 14.6. The van der Waals surface area contributed by atoms with E-state index in [0.29, 0.717) is 11.9 Å². The average molecular weight is 374 g/mol. The lowest BCUT2D eigenvalue weighted by Crippen LogP contribution is -2.51. The Balaban J connectivity index is 0.00000144. The number of aryl methyl sites for hydroxylation is 1. The molecule has 2 heterocycles. The van der Waals surface area contributed by atoms with Crippen molar-refractivity contribution in [3.8, 4) is 0 Å². The van der Waals surface area contributed by atoms with Gasteiger partial charge in [-0.2, -0.15) is 0 Å². The molecule has 136 valence electrons. The summed E-state index contributed by atoms with van der Waals surface area (Å²) in [5, 5.41) is 6.97. The third-order valence-corrected chi connectivity index (χ3v) is 4.80. The fraction of sp³-hybridized carbons (Fsp3) is 0.611. The fourth-order valence-corrected chi connectivity index (χ4v) is 3.50. The Morgan fingerprint density at radius 3 is 2.54 bits per heavy atom. The molecule has 1 atom stereocenters. The summed E-state index contributed by atoms with van der Waals surface area (Å²) in [7, 11) is 0. The first kappa shape index (κ1) is 21.1. The molecule has 2 saturated heterocycles. The Hall–Kier alpha value is -0.970. The standard InChI is InChI=1S/C18H27N3O.2ClH/c1-14-5-4-6-16(13-14)20-15-8-11-21(12-9-15)18(22)17-7-2-3-10-19-17;;/h4-6,13,15,17,19-20H,2-3,7-12H2,1H3;2*1H/t17-;;/m1../s1. The third kappa shape index (κ3) is 5.54. The van der Waals surface area contributed by atoms with Gasteiger partial charge in [-0.25, -0.2) is 0 Å². The van der Waals surface area contributed by atoms with E-state index in [-0.39, 0.29) is 30.9 Å². The lowest BCUT2D eigenvalue weighted by atomic mass is 10.00. The zero-order chi connectivity index (χ0) is 15.4. The Labute approximate surface area is 157 Å². The van der Waals surface area contributed by atoms with Crippen molar-refractivity contribution in [2.75, 3.05) is 25.0 Å². The van der Waals surface area contributed by atoms with Crippen LogP contribution in [0.2, 0.25) is 0 Å². The van der Waals surface area contributed by atoms with Gasteiger partial charge in [-0.1, -0.05) is 18.6 Å². The van der Waals surface area contributed by atoms with Crippen molar-refractivity contribution < 1.29 is 4.79 Å². The van der Waals surface area contributed by atoms with E-state index < -0.39 is 0 Å². The van der Waals surface area contributed by atoms with Crippen LogP contribution >= 0.6 is 24.8 Å². The van der Waals surface area contributed by atoms with Crippen LogP contribution in [-0.2, 0) is 4.79 Å². The van der Waals surface area contributed by atoms with Gasteiger partial charge in [0.2, 0.25) is 5.91 Å². The summed E-state index contributed by atoms with van der Waals surface area (Å²) in [6.45, 7) is 4.85. The molecular weight excluding hydrogens is 345 g/mol. The van der Waals surface area contributed by atoms with Crippen LogP contribution in [-0.4, -0.2) is 42.5 Å². The number of hydrogen-bond donors (Lipinski definition) is 2. The van der Waals surface area contributed by atoms with Gasteiger partial charge in [0.1, 0.15) is 0 Å². The Bertz CT molecular complexity index is 513. The van der Waals surface area contributed by atoms with E-state index in [9.17, 15) is 4.79 Å². The van der Waals surface area contributed by atoms with Crippen LogP contribution in [0.4, 0.5) is 5.69 Å². The van der Waals surface area contributed by atoms with E-state index in [2.05, 4.69) is 46.7 Å². The molecule has 2 fully saturated rings. The number of halogens is 2. The minimum atomic E-state index is 0. The van der Waals surface area contributed by atoms with E-state index >= 15 is 0 Å². The maximum absolute atomic E-state index is 12.5. The largest absolute Gasteiger partial charge is 0.382 e. The Morgan fingerprint density at radius 2 is 1.92 bits per heavy atom. The molecular formula is C18H29Cl2N3O. The Kier molecular flexibility index (Phi) is 8.88. The quantitative estimate of drug-likeness (QED) is 0.853. The second-order valence-corrected chi connectivity index (χ2v) is 6.62. The molecule has 0 unspecified atom stereocenters. The van der Waals surface area contributed by atoms with E-state index in [1.807, 2.05) is 0 Å². The molecule has 0 aromatic heterocycles. The van der Waals surface area contributed by atoms with Crippen molar-refractivity contribution in [3.05, 3.63) is 29.8 Å². The number of amides is 1. The normalized spacial score (nSPS) is 21.4. The number of rotatable bonds is 3. The summed E-state index contributed by atoms with van der Waals surface area (Å²) in [5.41, 5.74) is 2.47. The van der Waals surface area contributed by atoms with Gasteiger partial charge in [0.25, 0.3) is 0 Å². The number of carbonyl (C=O) groups excluding carboxylic acids is 1. The highest BCUT2D eigenvalue weighted by atomic mass is 35.5. The number of nitrogens with zero attached hydrogens (tertiary/aromatic N) is 1. The highest BCUT2D eigenvalue weighted by Gasteiger charge is 2.28. The summed E-state index contributed by atoms with van der Waals surface area (Å²) < 4.78 is 0. The van der Waals surface area contributed by atoms with Gasteiger partial charge in [0, 0.05) is 24.8 Å². The van der Waals surface area contributed by atoms with Crippen molar-refractivity contribution in [1.29, 1.82) is 0 Å². The molecule has 2 aliphatic heterocycles. The van der Waals surface area contributed by atoms with E-state index in [1.54, 1.807) is 0 Å². The van der Waals surface area contributed by atoms with Crippen molar-refractivity contribution in [3.63, 3.8) is 0 Å². The second kappa shape index (κ2) is 10.1. The van der Waals surface area contributed by atoms with Gasteiger partial charge >= 0.3 is 0 Å². The molecule has 0 saturated carbocycles. The van der Waals surface area contributed by atoms with Crippen molar-refractivity contribution in [1.82, 2.24) is 10.2 Å². The van der Waals surface area contributed by atoms with Crippen molar-refractivity contribution in [2.45, 2.75) is 51.1 Å². The van der Waals surface area contributed by atoms with Crippen molar-refractivity contribution >= 4 is 36.4 Å². The molecule has 1 amide bonds. The van der Waals surface area contributed by atoms with Crippen LogP contribution in [0.15, 0.2) is 24.3 Å². The van der Waals surface area contributed by atoms with Crippen LogP contribution in [0.3, 0.4) is 0 Å². The highest BCUT2D eigenvalue weighted by Crippen LogP contribution is 2.19. The number of benzene rings is 1. The van der Waals surface area contributed by atoms with Crippen LogP contribution in [0.1, 0.15) is 37.7 Å². The topological polar surface area (TPSA) is 44.4 Å². The zero-order valence-corrected chi connectivity index (χ0v) is 15.9. The van der Waals surface area contributed by atoms with Crippen LogP contribution in [0.5, 0.6) is 0 Å². The molecule has 3 rings (SSSR count). The highest BCUT2D eigenvalue weighted by molar-refractivity contribution is 5.85. The van der Waals surface area contributed by atoms with E-state index in [4.69, 9.17) is 0 Å². The monoisotopic (exact) mass is 373 g/mol. The summed E-state index contributed by atoms with van der Waals surface area (Å²) in [6, 6.07) is 9.05. The molecule has 4 nitrogen and oxygen atoms in total. The molecule has 1 aromatic rings. The average Bonchev–Trinajstić information content (AvgIpc) is 2.56. The lowest BCUT2D eigenvalue weighted by molar-refractivity contribution is -0.135. The van der Waals surface area contributed by atoms with Gasteiger partial charge in [0.15, 0.2) is 0 Å². The summed E-state index contributed by atoms with van der Waals surface area (Å²) >= 11 is 0. The molecule has 2 aliphatic rings. The van der Waals surface area contributed by atoms with Gasteiger partial charge in [0.05, 0.1) is 6.04 Å². The molecule has 0 bridgehead atoms. The number of carbonyl (C=O) groups is 1. The fourth-order valence-electron chi connectivity index (χ4n) is 3.50. The predicted molar refractivity (Wildman–Crippen MR) is 105 cm³/mol. The molecule has 0 aliphatic carbocycles. The predicted octanol–water partition coefficient (Wildman–Crippen LogP) is 3.38. The first-order valence-corrected chi connectivity index (χ1v) is 8.58. The van der Waals surface area contributed by atoms with Gasteiger partial charge in [-0.05, 0) is 56.8 Å². The minimum Gasteiger partial charge on any atom is -0.382 e. The first-order valence-electron chi connectivity index (χ1n) is 8.58. The second-order valence-electron chi connectivity index (χ2n) is 6.62. The van der Waals surface area contributed by atoms with Crippen LogP contribution in [0.25, 0.3) is 0 Å². The molecule has 0 spiro atoms. The Morgan fingerprint density at radius 1 is 1.17 bits per heavy atom. The maximum atomic E-state index is 12.5. The number of nitrogens with one attached hydrogen (secondary N) is 2. The van der Waals surface area contributed by atoms with Gasteiger partial charge in [-0.15, -0.1) is 24.8 Å². The first-order chi connectivity index (χ1) is 10.7. The van der Waals surface area contributed by atoms with Crippen LogP contribution < -0.4 is 10.6 Å². The van der Waals surface area contributed by atoms with Gasteiger partial charge in [-0.3, -0.25) is 4.79 Å². The lowest BCUT2D eigenvalue weighted by Gasteiger charge is -2.36. The molecule has 1 aromatic carbocycles. The minimum absolute atomic E-state index is 0. The number of hydrogen-bond acceptors (Lipinski definition) is 3. The van der Waals surface area contributed by atoms with Gasteiger partial charge < -0.3 is 15.5 Å². The number of piperidine rings is 2. The molecule has 2 N–H and O–H groups in total. The zero-order valence-electron chi connectivity index (χ0n) is 14.3. The third-order valence-electron chi connectivity index (χ3n) is 4.80. The summed E-state index contributed by atoms with van der Waals surface area (Å²) in [5.74, 6) is 0.314. The molecule has 6 heteroatoms.